The van der Waals surface area contributed by atoms with Crippen molar-refractivity contribution in [3.63, 3.8) is 0 Å². The van der Waals surface area contributed by atoms with Crippen LogP contribution in [-0.4, -0.2) is 10.9 Å². The molecule has 2 rings (SSSR count). The second kappa shape index (κ2) is 5.34. The molecule has 1 aromatic heterocycles. The van der Waals surface area contributed by atoms with E-state index in [1.165, 1.54) is 6.07 Å². The van der Waals surface area contributed by atoms with E-state index >= 15 is 0 Å². The molecule has 19 heavy (non-hydrogen) atoms. The summed E-state index contributed by atoms with van der Waals surface area (Å²) in [5, 5.41) is 3.69. The van der Waals surface area contributed by atoms with Crippen molar-refractivity contribution in [3.8, 4) is 0 Å². The lowest BCUT2D eigenvalue weighted by molar-refractivity contribution is 0.0984. The van der Waals surface area contributed by atoms with Gasteiger partial charge in [-0.15, -0.1) is 0 Å². The Labute approximate surface area is 111 Å². The molecule has 0 aliphatic carbocycles. The molecule has 0 aliphatic rings. The Balaban J connectivity index is 2.20. The second-order valence-electron chi connectivity index (χ2n) is 4.93. The number of aromatic nitrogens is 1. The van der Waals surface area contributed by atoms with Gasteiger partial charge in [-0.1, -0.05) is 31.1 Å². The predicted octanol–water partition coefficient (Wildman–Crippen LogP) is 3.67. The first kappa shape index (κ1) is 13.5. The molecule has 2 aromatic rings. The van der Waals surface area contributed by atoms with Crippen LogP contribution in [0, 0.1) is 12.7 Å². The van der Waals surface area contributed by atoms with Gasteiger partial charge >= 0.3 is 0 Å². The molecular formula is C15H16FNO2. The van der Waals surface area contributed by atoms with Crippen LogP contribution in [0.3, 0.4) is 0 Å². The summed E-state index contributed by atoms with van der Waals surface area (Å²) in [6, 6.07) is 6.39. The Morgan fingerprint density at radius 2 is 2.11 bits per heavy atom. The zero-order valence-corrected chi connectivity index (χ0v) is 11.2. The smallest absolute Gasteiger partial charge is 0.189 e. The zero-order valence-electron chi connectivity index (χ0n) is 11.2. The maximum absolute atomic E-state index is 13.6. The molecule has 0 spiro atoms. The average Bonchev–Trinajstić information content (AvgIpc) is 2.78. The number of Topliss-reactive ketones (excluding diaryl/α,β-unsaturated/α-hetero) is 1. The van der Waals surface area contributed by atoms with Gasteiger partial charge in [0.05, 0.1) is 0 Å². The number of carbonyl (C=O) groups is 1. The fourth-order valence-corrected chi connectivity index (χ4v) is 1.92. The number of rotatable bonds is 4. The fraction of sp³-hybridized carbons (Fsp3) is 0.333. The van der Waals surface area contributed by atoms with Gasteiger partial charge in [-0.05, 0) is 30.0 Å². The van der Waals surface area contributed by atoms with Gasteiger partial charge in [0.1, 0.15) is 17.3 Å². The minimum atomic E-state index is -0.233. The molecule has 0 fully saturated rings. The van der Waals surface area contributed by atoms with Crippen LogP contribution in [-0.2, 0) is 6.42 Å². The molecule has 0 bridgehead atoms. The van der Waals surface area contributed by atoms with Crippen molar-refractivity contribution in [1.29, 1.82) is 0 Å². The molecule has 3 nitrogen and oxygen atoms in total. The number of benzene rings is 1. The first-order valence-electron chi connectivity index (χ1n) is 6.22. The van der Waals surface area contributed by atoms with Crippen LogP contribution in [0.25, 0.3) is 0 Å². The minimum absolute atomic E-state index is 0.0874. The fourth-order valence-electron chi connectivity index (χ4n) is 1.92. The van der Waals surface area contributed by atoms with E-state index < -0.39 is 0 Å². The molecule has 1 aromatic carbocycles. The number of aryl methyl sites for hydroxylation is 1. The highest BCUT2D eigenvalue weighted by molar-refractivity contribution is 5.95. The zero-order chi connectivity index (χ0) is 14.0. The van der Waals surface area contributed by atoms with Crippen LogP contribution >= 0.6 is 0 Å². The Kier molecular flexibility index (Phi) is 3.79. The highest BCUT2D eigenvalue weighted by Gasteiger charge is 2.14. The summed E-state index contributed by atoms with van der Waals surface area (Å²) in [7, 11) is 0. The SMILES string of the molecule is Cc1cc(C(=O)Cc2ccc(F)c(C(C)C)c2)no1. The molecule has 0 saturated carbocycles. The largest absolute Gasteiger partial charge is 0.361 e. The van der Waals surface area contributed by atoms with E-state index in [9.17, 15) is 9.18 Å². The highest BCUT2D eigenvalue weighted by Crippen LogP contribution is 2.20. The molecule has 0 atom stereocenters. The molecule has 0 aliphatic heterocycles. The Morgan fingerprint density at radius 1 is 1.37 bits per heavy atom. The van der Waals surface area contributed by atoms with Gasteiger partial charge in [0.25, 0.3) is 0 Å². The molecular weight excluding hydrogens is 245 g/mol. The maximum atomic E-state index is 13.6. The Bertz CT molecular complexity index is 602. The number of nitrogens with zero attached hydrogens (tertiary/aromatic N) is 1. The van der Waals surface area contributed by atoms with E-state index in [1.807, 2.05) is 13.8 Å². The van der Waals surface area contributed by atoms with Crippen LogP contribution in [0.5, 0.6) is 0 Å². The van der Waals surface area contributed by atoms with E-state index in [4.69, 9.17) is 4.52 Å². The third-order valence-corrected chi connectivity index (χ3v) is 2.96. The van der Waals surface area contributed by atoms with E-state index in [-0.39, 0.29) is 23.9 Å². The van der Waals surface area contributed by atoms with Crippen molar-refractivity contribution in [2.24, 2.45) is 0 Å². The van der Waals surface area contributed by atoms with Crippen LogP contribution < -0.4 is 0 Å². The summed E-state index contributed by atoms with van der Waals surface area (Å²) in [5.41, 5.74) is 1.73. The lowest BCUT2D eigenvalue weighted by Gasteiger charge is -2.09. The normalized spacial score (nSPS) is 11.0. The number of hydrogen-bond donors (Lipinski definition) is 0. The number of hydrogen-bond acceptors (Lipinski definition) is 3. The monoisotopic (exact) mass is 261 g/mol. The molecule has 0 saturated heterocycles. The van der Waals surface area contributed by atoms with E-state index in [2.05, 4.69) is 5.16 Å². The molecule has 0 unspecified atom stereocenters. The number of halogens is 1. The topological polar surface area (TPSA) is 43.1 Å². The standard InChI is InChI=1S/C15H16FNO2/c1-9(2)12-7-11(4-5-13(12)16)8-15(18)14-6-10(3)19-17-14/h4-7,9H,8H2,1-3H3. The van der Waals surface area contributed by atoms with Gasteiger partial charge in [-0.2, -0.15) is 0 Å². The average molecular weight is 261 g/mol. The van der Waals surface area contributed by atoms with E-state index in [1.54, 1.807) is 25.1 Å². The van der Waals surface area contributed by atoms with Crippen molar-refractivity contribution in [3.05, 3.63) is 52.7 Å². The molecule has 0 N–H and O–H groups in total. The molecule has 100 valence electrons. The van der Waals surface area contributed by atoms with Gasteiger partial charge in [0.15, 0.2) is 5.78 Å². The quantitative estimate of drug-likeness (QED) is 0.789. The molecule has 1 heterocycles. The highest BCUT2D eigenvalue weighted by atomic mass is 19.1. The summed E-state index contributed by atoms with van der Waals surface area (Å²) >= 11 is 0. The molecule has 0 radical (unpaired) electrons. The summed E-state index contributed by atoms with van der Waals surface area (Å²) in [4.78, 5) is 12.0. The van der Waals surface area contributed by atoms with Gasteiger partial charge < -0.3 is 4.52 Å². The van der Waals surface area contributed by atoms with E-state index in [0.29, 0.717) is 17.0 Å². The summed E-state index contributed by atoms with van der Waals surface area (Å²) in [6.07, 6.45) is 0.200. The van der Waals surface area contributed by atoms with Crippen molar-refractivity contribution < 1.29 is 13.7 Å². The molecule has 0 amide bonds. The third-order valence-electron chi connectivity index (χ3n) is 2.96. The summed E-state index contributed by atoms with van der Waals surface area (Å²) < 4.78 is 18.4. The van der Waals surface area contributed by atoms with Crippen molar-refractivity contribution >= 4 is 5.78 Å². The second-order valence-corrected chi connectivity index (χ2v) is 4.93. The first-order chi connectivity index (χ1) is 8.97. The first-order valence-corrected chi connectivity index (χ1v) is 6.22. The van der Waals surface area contributed by atoms with Gasteiger partial charge in [-0.25, -0.2) is 4.39 Å². The van der Waals surface area contributed by atoms with Crippen molar-refractivity contribution in [1.82, 2.24) is 5.16 Å². The summed E-state index contributed by atoms with van der Waals surface area (Å²) in [5.74, 6) is 0.330. The van der Waals surface area contributed by atoms with Gasteiger partial charge in [0, 0.05) is 12.5 Å². The van der Waals surface area contributed by atoms with Crippen LogP contribution in [0.4, 0.5) is 4.39 Å². The Morgan fingerprint density at radius 3 is 2.68 bits per heavy atom. The maximum Gasteiger partial charge on any atom is 0.189 e. The third kappa shape index (κ3) is 3.08. The van der Waals surface area contributed by atoms with Crippen molar-refractivity contribution in [2.45, 2.75) is 33.1 Å². The van der Waals surface area contributed by atoms with E-state index in [0.717, 1.165) is 5.56 Å². The lowest BCUT2D eigenvalue weighted by atomic mass is 9.97. The lowest BCUT2D eigenvalue weighted by Crippen LogP contribution is -2.05. The number of carbonyl (C=O) groups excluding carboxylic acids is 1. The molecule has 4 heteroatoms. The van der Waals surface area contributed by atoms with Crippen molar-refractivity contribution in [2.75, 3.05) is 0 Å². The minimum Gasteiger partial charge on any atom is -0.361 e. The Hall–Kier alpha value is -1.97. The van der Waals surface area contributed by atoms with Crippen LogP contribution in [0.1, 0.15) is 47.1 Å². The summed E-state index contributed by atoms with van der Waals surface area (Å²) in [6.45, 7) is 5.58. The predicted molar refractivity (Wildman–Crippen MR) is 69.8 cm³/mol. The number of ketones is 1. The van der Waals surface area contributed by atoms with Gasteiger partial charge in [-0.3, -0.25) is 4.79 Å². The van der Waals surface area contributed by atoms with Crippen LogP contribution in [0.2, 0.25) is 0 Å². The van der Waals surface area contributed by atoms with Crippen LogP contribution in [0.15, 0.2) is 28.8 Å². The van der Waals surface area contributed by atoms with Gasteiger partial charge in [0.2, 0.25) is 0 Å².